The zero-order valence-electron chi connectivity index (χ0n) is 16.7. The van der Waals surface area contributed by atoms with E-state index in [9.17, 15) is 18.0 Å². The summed E-state index contributed by atoms with van der Waals surface area (Å²) in [4.78, 5) is 25.4. The number of nitrogens with one attached hydrogen (secondary N) is 2. The molecule has 29 heavy (non-hydrogen) atoms. The van der Waals surface area contributed by atoms with Crippen LogP contribution in [0.3, 0.4) is 0 Å². The first kappa shape index (κ1) is 19.8. The summed E-state index contributed by atoms with van der Waals surface area (Å²) in [6.07, 6.45) is 2.68. The van der Waals surface area contributed by atoms with E-state index in [1.807, 2.05) is 13.8 Å². The van der Waals surface area contributed by atoms with Crippen LogP contribution in [0.2, 0.25) is 0 Å². The predicted octanol–water partition coefficient (Wildman–Crippen LogP) is 3.44. The van der Waals surface area contributed by atoms with Gasteiger partial charge in [0.2, 0.25) is 10.0 Å². The number of benzene rings is 1. The number of ketones is 1. The Labute approximate surface area is 169 Å². The summed E-state index contributed by atoms with van der Waals surface area (Å²) in [6.45, 7) is 5.69. The van der Waals surface area contributed by atoms with Crippen LogP contribution in [0, 0.1) is 12.3 Å². The van der Waals surface area contributed by atoms with E-state index in [1.165, 1.54) is 12.1 Å². The molecule has 0 spiro atoms. The van der Waals surface area contributed by atoms with Gasteiger partial charge in [0.15, 0.2) is 11.5 Å². The molecule has 2 aliphatic carbocycles. The lowest BCUT2D eigenvalue weighted by Gasteiger charge is -2.27. The number of furan rings is 1. The van der Waals surface area contributed by atoms with Crippen molar-refractivity contribution in [2.45, 2.75) is 57.4 Å². The third-order valence-electron chi connectivity index (χ3n) is 5.28. The summed E-state index contributed by atoms with van der Waals surface area (Å²) >= 11 is 0. The minimum absolute atomic E-state index is 0.00266. The van der Waals surface area contributed by atoms with E-state index in [1.54, 1.807) is 19.1 Å². The van der Waals surface area contributed by atoms with Crippen LogP contribution in [0.25, 0.3) is 0 Å². The maximum atomic E-state index is 12.8. The topological polar surface area (TPSA) is 105 Å². The van der Waals surface area contributed by atoms with Crippen LogP contribution < -0.4 is 10.0 Å². The van der Waals surface area contributed by atoms with Gasteiger partial charge in [-0.2, -0.15) is 0 Å². The van der Waals surface area contributed by atoms with E-state index in [0.717, 1.165) is 12.8 Å². The van der Waals surface area contributed by atoms with Gasteiger partial charge >= 0.3 is 0 Å². The summed E-state index contributed by atoms with van der Waals surface area (Å²) in [5.41, 5.74) is 1.16. The maximum absolute atomic E-state index is 12.8. The number of hydrogen-bond acceptors (Lipinski definition) is 5. The van der Waals surface area contributed by atoms with Gasteiger partial charge < -0.3 is 9.73 Å². The molecule has 2 aliphatic rings. The molecule has 0 bridgehead atoms. The second-order valence-electron chi connectivity index (χ2n) is 8.67. The number of carbonyl (C=O) groups is 2. The third kappa shape index (κ3) is 4.00. The maximum Gasteiger partial charge on any atom is 0.291 e. The molecule has 7 nitrogen and oxygen atoms in total. The summed E-state index contributed by atoms with van der Waals surface area (Å²) in [5.74, 6) is 0.104. The van der Waals surface area contributed by atoms with Crippen molar-refractivity contribution < 1.29 is 22.4 Å². The Bertz CT molecular complexity index is 1110. The summed E-state index contributed by atoms with van der Waals surface area (Å²) in [7, 11) is -3.62. The number of anilines is 1. The molecule has 1 aromatic carbocycles. The fraction of sp³-hybridized carbons (Fsp3) is 0.429. The van der Waals surface area contributed by atoms with E-state index in [4.69, 9.17) is 4.42 Å². The van der Waals surface area contributed by atoms with Crippen molar-refractivity contribution in [3.05, 3.63) is 46.9 Å². The number of hydrogen-bond donors (Lipinski definition) is 2. The van der Waals surface area contributed by atoms with Crippen molar-refractivity contribution in [2.75, 3.05) is 5.32 Å². The predicted molar refractivity (Wildman–Crippen MR) is 108 cm³/mol. The highest BCUT2D eigenvalue weighted by molar-refractivity contribution is 7.89. The van der Waals surface area contributed by atoms with Crippen LogP contribution in [0.5, 0.6) is 0 Å². The number of sulfonamides is 1. The average Bonchev–Trinajstić information content (AvgIpc) is 3.34. The van der Waals surface area contributed by atoms with E-state index < -0.39 is 15.9 Å². The van der Waals surface area contributed by atoms with Gasteiger partial charge in [0.05, 0.1) is 10.5 Å². The molecule has 2 N–H and O–H groups in total. The molecule has 4 rings (SSSR count). The molecule has 154 valence electrons. The third-order valence-corrected chi connectivity index (χ3v) is 6.80. The standard InChI is InChI=1S/C21H24N2O5S/c1-12-18-16(24)10-21(2,3)11-17(18)28-19(12)20(25)22-14-5-4-6-15(9-14)29(26,27)23-13-7-8-13/h4-6,9,13,23H,7-8,10-11H2,1-3H3,(H,22,25). The highest BCUT2D eigenvalue weighted by atomic mass is 32.2. The van der Waals surface area contributed by atoms with E-state index in [-0.39, 0.29) is 27.9 Å². The van der Waals surface area contributed by atoms with Crippen molar-refractivity contribution in [1.29, 1.82) is 0 Å². The molecular weight excluding hydrogens is 392 g/mol. The number of rotatable bonds is 5. The molecule has 0 saturated heterocycles. The van der Waals surface area contributed by atoms with Crippen molar-refractivity contribution in [3.63, 3.8) is 0 Å². The summed E-state index contributed by atoms with van der Waals surface area (Å²) in [5, 5.41) is 2.69. The first-order valence-corrected chi connectivity index (χ1v) is 11.1. The zero-order chi connectivity index (χ0) is 21.0. The van der Waals surface area contributed by atoms with Gasteiger partial charge in [-0.05, 0) is 43.4 Å². The van der Waals surface area contributed by atoms with Gasteiger partial charge in [0.1, 0.15) is 5.76 Å². The molecule has 0 unspecified atom stereocenters. The van der Waals surface area contributed by atoms with Gasteiger partial charge in [0.25, 0.3) is 5.91 Å². The monoisotopic (exact) mass is 416 g/mol. The lowest BCUT2D eigenvalue weighted by atomic mass is 9.76. The highest BCUT2D eigenvalue weighted by Crippen LogP contribution is 2.38. The Morgan fingerprint density at radius 2 is 1.93 bits per heavy atom. The quantitative estimate of drug-likeness (QED) is 0.777. The first-order valence-electron chi connectivity index (χ1n) is 9.65. The summed E-state index contributed by atoms with van der Waals surface area (Å²) < 4.78 is 33.2. The molecule has 1 fully saturated rings. The molecule has 0 radical (unpaired) electrons. The van der Waals surface area contributed by atoms with Gasteiger partial charge in [-0.3, -0.25) is 9.59 Å². The zero-order valence-corrected chi connectivity index (χ0v) is 17.5. The molecule has 1 saturated carbocycles. The second kappa shape index (κ2) is 6.81. The van der Waals surface area contributed by atoms with Crippen LogP contribution >= 0.6 is 0 Å². The number of fused-ring (bicyclic) bond motifs is 1. The second-order valence-corrected chi connectivity index (χ2v) is 10.4. The lowest BCUT2D eigenvalue weighted by molar-refractivity contribution is 0.0898. The number of carbonyl (C=O) groups excluding carboxylic acids is 2. The van der Waals surface area contributed by atoms with Gasteiger partial charge in [-0.1, -0.05) is 19.9 Å². The van der Waals surface area contributed by atoms with Gasteiger partial charge in [0, 0.05) is 30.1 Å². The largest absolute Gasteiger partial charge is 0.455 e. The van der Waals surface area contributed by atoms with Crippen LogP contribution in [0.1, 0.15) is 65.3 Å². The molecule has 0 atom stereocenters. The number of amides is 1. The van der Waals surface area contributed by atoms with Crippen molar-refractivity contribution >= 4 is 27.4 Å². The lowest BCUT2D eigenvalue weighted by Crippen LogP contribution is -2.26. The minimum Gasteiger partial charge on any atom is -0.455 e. The highest BCUT2D eigenvalue weighted by Gasteiger charge is 2.37. The fourth-order valence-electron chi connectivity index (χ4n) is 3.72. The van der Waals surface area contributed by atoms with Crippen LogP contribution in [-0.2, 0) is 16.4 Å². The fourth-order valence-corrected chi connectivity index (χ4v) is 5.07. The van der Waals surface area contributed by atoms with E-state index in [2.05, 4.69) is 10.0 Å². The van der Waals surface area contributed by atoms with Crippen molar-refractivity contribution in [2.24, 2.45) is 5.41 Å². The molecule has 1 aromatic heterocycles. The SMILES string of the molecule is Cc1c(C(=O)Nc2cccc(S(=O)(=O)NC3CC3)c2)oc2c1C(=O)CC(C)(C)C2. The smallest absolute Gasteiger partial charge is 0.291 e. The minimum atomic E-state index is -3.62. The van der Waals surface area contributed by atoms with Gasteiger partial charge in [-0.15, -0.1) is 0 Å². The van der Waals surface area contributed by atoms with Crippen LogP contribution in [0.4, 0.5) is 5.69 Å². The van der Waals surface area contributed by atoms with Crippen molar-refractivity contribution in [1.82, 2.24) is 4.72 Å². The molecule has 1 amide bonds. The molecule has 8 heteroatoms. The Balaban J connectivity index is 1.58. The first-order chi connectivity index (χ1) is 13.6. The normalized spacial score (nSPS) is 18.4. The van der Waals surface area contributed by atoms with E-state index in [0.29, 0.717) is 35.4 Å². The summed E-state index contributed by atoms with van der Waals surface area (Å²) in [6, 6.07) is 6.08. The van der Waals surface area contributed by atoms with Crippen LogP contribution in [-0.4, -0.2) is 26.2 Å². The van der Waals surface area contributed by atoms with Gasteiger partial charge in [-0.25, -0.2) is 13.1 Å². The Kier molecular flexibility index (Phi) is 4.66. The average molecular weight is 416 g/mol. The van der Waals surface area contributed by atoms with Crippen LogP contribution in [0.15, 0.2) is 33.6 Å². The molecule has 2 aromatic rings. The Hall–Kier alpha value is -2.45. The Morgan fingerprint density at radius 1 is 1.21 bits per heavy atom. The van der Waals surface area contributed by atoms with E-state index >= 15 is 0 Å². The molecule has 0 aliphatic heterocycles. The van der Waals surface area contributed by atoms with Crippen molar-refractivity contribution in [3.8, 4) is 0 Å². The molecule has 1 heterocycles. The Morgan fingerprint density at radius 3 is 2.62 bits per heavy atom. The molecular formula is C21H24N2O5S. The number of Topliss-reactive ketones (excluding diaryl/α,β-unsaturated/α-hetero) is 1.